The van der Waals surface area contributed by atoms with Crippen LogP contribution in [0.3, 0.4) is 0 Å². The van der Waals surface area contributed by atoms with Crippen molar-refractivity contribution in [2.24, 2.45) is 5.92 Å². The van der Waals surface area contributed by atoms with Crippen molar-refractivity contribution in [1.82, 2.24) is 20.0 Å². The number of nitriles is 1. The standard InChI is InChI=1S/C29H36FN5O4/c1-29(2,3)39-28(37)35-23-9-8-20(12-23)26(35)27(36)33-22(14-31)11-19-7-6-18(13-25(19)30)21-15-32-34(16-21)17-24-5-4-10-38-24/h6-7,13,15-16,20,22-24,26H,4-5,8-12,17H2,1-3H3,(H,33,36). The normalized spacial score (nSPS) is 24.9. The Hall–Kier alpha value is -3.45. The molecular weight excluding hydrogens is 501 g/mol. The number of hydrogen-bond donors (Lipinski definition) is 1. The Labute approximate surface area is 228 Å². The molecule has 2 aromatic rings. The summed E-state index contributed by atoms with van der Waals surface area (Å²) in [6.07, 6.45) is 7.73. The lowest BCUT2D eigenvalue weighted by molar-refractivity contribution is -0.128. The summed E-state index contributed by atoms with van der Waals surface area (Å²) in [6, 6.07) is 5.28. The Balaban J connectivity index is 1.23. The third kappa shape index (κ3) is 6.09. The van der Waals surface area contributed by atoms with Crippen molar-refractivity contribution in [2.75, 3.05) is 6.61 Å². The number of fused-ring (bicyclic) bond motifs is 2. The molecule has 1 aromatic carbocycles. The van der Waals surface area contributed by atoms with E-state index in [4.69, 9.17) is 9.47 Å². The number of likely N-dealkylation sites (tertiary alicyclic amines) is 1. The number of ether oxygens (including phenoxy) is 2. The minimum Gasteiger partial charge on any atom is -0.444 e. The van der Waals surface area contributed by atoms with Crippen LogP contribution < -0.4 is 5.32 Å². The van der Waals surface area contributed by atoms with Gasteiger partial charge in [0.1, 0.15) is 23.5 Å². The molecule has 10 heteroatoms. The summed E-state index contributed by atoms with van der Waals surface area (Å²) in [7, 11) is 0. The Kier molecular flexibility index (Phi) is 7.63. The molecule has 5 atom stereocenters. The molecule has 2 saturated heterocycles. The third-order valence-electron chi connectivity index (χ3n) is 7.79. The second-order valence-electron chi connectivity index (χ2n) is 11.8. The minimum atomic E-state index is -0.938. The first kappa shape index (κ1) is 27.1. The highest BCUT2D eigenvalue weighted by atomic mass is 19.1. The maximum Gasteiger partial charge on any atom is 0.411 e. The quantitative estimate of drug-likeness (QED) is 0.567. The molecule has 3 aliphatic rings. The molecule has 2 aliphatic heterocycles. The van der Waals surface area contributed by atoms with E-state index in [2.05, 4.69) is 16.5 Å². The number of halogens is 1. The predicted molar refractivity (Wildman–Crippen MR) is 141 cm³/mol. The Morgan fingerprint density at radius 2 is 2.10 bits per heavy atom. The summed E-state index contributed by atoms with van der Waals surface area (Å²) in [5.74, 6) is -0.821. The maximum atomic E-state index is 15.1. The highest BCUT2D eigenvalue weighted by Gasteiger charge is 2.52. The summed E-state index contributed by atoms with van der Waals surface area (Å²) in [4.78, 5) is 27.7. The van der Waals surface area contributed by atoms with Crippen LogP contribution in [0.4, 0.5) is 9.18 Å². The van der Waals surface area contributed by atoms with E-state index in [1.54, 1.807) is 39.1 Å². The summed E-state index contributed by atoms with van der Waals surface area (Å²) in [5.41, 5.74) is 1.13. The second kappa shape index (κ2) is 11.0. The van der Waals surface area contributed by atoms with Crippen LogP contribution in [0.15, 0.2) is 30.6 Å². The van der Waals surface area contributed by atoms with E-state index in [-0.39, 0.29) is 24.5 Å². The molecule has 3 fully saturated rings. The number of nitrogens with one attached hydrogen (secondary N) is 1. The number of carbonyl (C=O) groups is 2. The van der Waals surface area contributed by atoms with Gasteiger partial charge < -0.3 is 14.8 Å². The Morgan fingerprint density at radius 1 is 1.28 bits per heavy atom. The fraction of sp³-hybridized carbons (Fsp3) is 0.586. The third-order valence-corrected chi connectivity index (χ3v) is 7.79. The molecule has 2 amide bonds. The summed E-state index contributed by atoms with van der Waals surface area (Å²) in [5, 5.41) is 16.9. The van der Waals surface area contributed by atoms with Gasteiger partial charge in [-0.25, -0.2) is 9.18 Å². The van der Waals surface area contributed by atoms with Crippen LogP contribution in [0.1, 0.15) is 58.4 Å². The molecule has 2 bridgehead atoms. The van der Waals surface area contributed by atoms with Gasteiger partial charge in [0.2, 0.25) is 5.91 Å². The molecule has 39 heavy (non-hydrogen) atoms. The van der Waals surface area contributed by atoms with E-state index in [0.29, 0.717) is 17.7 Å². The largest absolute Gasteiger partial charge is 0.444 e. The van der Waals surface area contributed by atoms with Crippen LogP contribution in [0, 0.1) is 23.1 Å². The number of amides is 2. The molecule has 0 spiro atoms. The molecule has 208 valence electrons. The molecule has 3 heterocycles. The zero-order valence-corrected chi connectivity index (χ0v) is 22.7. The first-order valence-electron chi connectivity index (χ1n) is 13.8. The predicted octanol–water partition coefficient (Wildman–Crippen LogP) is 4.21. The number of aromatic nitrogens is 2. The molecule has 0 radical (unpaired) electrons. The van der Waals surface area contributed by atoms with Gasteiger partial charge in [0.05, 0.1) is 24.9 Å². The van der Waals surface area contributed by atoms with Crippen LogP contribution in [0.25, 0.3) is 11.1 Å². The number of rotatable bonds is 7. The zero-order chi connectivity index (χ0) is 27.7. The first-order valence-corrected chi connectivity index (χ1v) is 13.8. The number of carbonyl (C=O) groups excluding carboxylic acids is 2. The van der Waals surface area contributed by atoms with Gasteiger partial charge in [-0.1, -0.05) is 12.1 Å². The van der Waals surface area contributed by atoms with Crippen LogP contribution >= 0.6 is 0 Å². The lowest BCUT2D eigenvalue weighted by Crippen LogP contribution is -2.55. The van der Waals surface area contributed by atoms with Gasteiger partial charge in [0, 0.05) is 30.8 Å². The summed E-state index contributed by atoms with van der Waals surface area (Å²) < 4.78 is 28.2. The molecule has 1 aromatic heterocycles. The lowest BCUT2D eigenvalue weighted by atomic mass is 9.97. The lowest BCUT2D eigenvalue weighted by Gasteiger charge is -2.35. The molecule has 1 saturated carbocycles. The number of piperidine rings is 1. The van der Waals surface area contributed by atoms with E-state index in [1.165, 1.54) is 11.0 Å². The smallest absolute Gasteiger partial charge is 0.411 e. The van der Waals surface area contributed by atoms with Crippen molar-refractivity contribution in [1.29, 1.82) is 5.26 Å². The van der Waals surface area contributed by atoms with Crippen LogP contribution in [-0.2, 0) is 27.2 Å². The highest BCUT2D eigenvalue weighted by Crippen LogP contribution is 2.43. The summed E-state index contributed by atoms with van der Waals surface area (Å²) >= 11 is 0. The van der Waals surface area contributed by atoms with E-state index < -0.39 is 35.5 Å². The maximum absolute atomic E-state index is 15.1. The minimum absolute atomic E-state index is 0.0138. The van der Waals surface area contributed by atoms with Crippen molar-refractivity contribution in [3.8, 4) is 17.2 Å². The molecular formula is C29H36FN5O4. The van der Waals surface area contributed by atoms with Gasteiger partial charge in [-0.3, -0.25) is 14.4 Å². The SMILES string of the molecule is CC(C)(C)OC(=O)N1C2CCC(C2)C1C(=O)NC(C#N)Cc1ccc(-c2cnn(CC3CCCO3)c2)cc1F. The zero-order valence-electron chi connectivity index (χ0n) is 22.7. The van der Waals surface area contributed by atoms with E-state index in [1.807, 2.05) is 10.9 Å². The second-order valence-corrected chi connectivity index (χ2v) is 11.8. The van der Waals surface area contributed by atoms with Crippen LogP contribution in [0.5, 0.6) is 0 Å². The first-order chi connectivity index (χ1) is 18.6. The summed E-state index contributed by atoms with van der Waals surface area (Å²) in [6.45, 7) is 6.81. The van der Waals surface area contributed by atoms with Crippen LogP contribution in [-0.4, -0.2) is 63.1 Å². The van der Waals surface area contributed by atoms with Gasteiger partial charge in [0.25, 0.3) is 0 Å². The average Bonchev–Trinajstić information content (AvgIpc) is 3.68. The highest BCUT2D eigenvalue weighted by molar-refractivity contribution is 5.87. The monoisotopic (exact) mass is 537 g/mol. The number of hydrogen-bond acceptors (Lipinski definition) is 6. The van der Waals surface area contributed by atoms with E-state index >= 15 is 4.39 Å². The Morgan fingerprint density at radius 3 is 2.79 bits per heavy atom. The number of nitrogens with zero attached hydrogens (tertiary/aromatic N) is 4. The molecule has 1 aliphatic carbocycles. The average molecular weight is 538 g/mol. The van der Waals surface area contributed by atoms with Crippen molar-refractivity contribution < 1.29 is 23.5 Å². The molecule has 5 rings (SSSR count). The van der Waals surface area contributed by atoms with Gasteiger partial charge in [-0.2, -0.15) is 10.4 Å². The van der Waals surface area contributed by atoms with Crippen molar-refractivity contribution in [3.05, 3.63) is 42.0 Å². The van der Waals surface area contributed by atoms with E-state index in [0.717, 1.165) is 44.3 Å². The Bertz CT molecular complexity index is 1260. The van der Waals surface area contributed by atoms with Gasteiger partial charge in [-0.15, -0.1) is 0 Å². The van der Waals surface area contributed by atoms with Crippen molar-refractivity contribution in [2.45, 2.75) is 95.7 Å². The van der Waals surface area contributed by atoms with Gasteiger partial charge in [-0.05, 0) is 76.0 Å². The van der Waals surface area contributed by atoms with Crippen molar-refractivity contribution >= 4 is 12.0 Å². The molecule has 5 unspecified atom stereocenters. The van der Waals surface area contributed by atoms with E-state index in [9.17, 15) is 14.9 Å². The van der Waals surface area contributed by atoms with Crippen LogP contribution in [0.2, 0.25) is 0 Å². The fourth-order valence-corrected chi connectivity index (χ4v) is 6.01. The number of benzene rings is 1. The van der Waals surface area contributed by atoms with Gasteiger partial charge in [0.15, 0.2) is 0 Å². The van der Waals surface area contributed by atoms with Crippen molar-refractivity contribution in [3.63, 3.8) is 0 Å². The topological polar surface area (TPSA) is 109 Å². The van der Waals surface area contributed by atoms with Gasteiger partial charge >= 0.3 is 6.09 Å². The molecule has 9 nitrogen and oxygen atoms in total. The molecule has 1 N–H and O–H groups in total. The fourth-order valence-electron chi connectivity index (χ4n) is 6.01.